The van der Waals surface area contributed by atoms with Crippen molar-refractivity contribution < 1.29 is 9.53 Å². The van der Waals surface area contributed by atoms with Crippen molar-refractivity contribution in [2.75, 3.05) is 42.9 Å². The standard InChI is InChI=1S/C21H28ClN5O2/c1-5-23-18-14-19(25-15(2)24-18)26-10-12-27(13-11-26)20(28)21(3,4)29-17-8-6-16(22)7-9-17/h6-9,14H,5,10-13H2,1-4H3,(H,23,24,25). The lowest BCUT2D eigenvalue weighted by Crippen LogP contribution is -2.56. The molecule has 8 heteroatoms. The summed E-state index contributed by atoms with van der Waals surface area (Å²) in [5, 5.41) is 3.87. The van der Waals surface area contributed by atoms with E-state index in [9.17, 15) is 4.79 Å². The first kappa shape index (κ1) is 21.2. The summed E-state index contributed by atoms with van der Waals surface area (Å²) in [6.07, 6.45) is 0. The lowest BCUT2D eigenvalue weighted by Gasteiger charge is -2.39. The molecule has 1 aromatic heterocycles. The maximum absolute atomic E-state index is 13.0. The van der Waals surface area contributed by atoms with E-state index in [0.717, 1.165) is 24.0 Å². The zero-order chi connectivity index (χ0) is 21.0. The van der Waals surface area contributed by atoms with Gasteiger partial charge in [-0.3, -0.25) is 4.79 Å². The molecule has 1 N–H and O–H groups in total. The van der Waals surface area contributed by atoms with Crippen LogP contribution in [0.25, 0.3) is 0 Å². The van der Waals surface area contributed by atoms with Gasteiger partial charge in [-0.05, 0) is 52.0 Å². The van der Waals surface area contributed by atoms with Crippen LogP contribution in [-0.2, 0) is 4.79 Å². The number of carbonyl (C=O) groups excluding carboxylic acids is 1. The minimum absolute atomic E-state index is 0.0284. The second kappa shape index (κ2) is 8.86. The van der Waals surface area contributed by atoms with Gasteiger partial charge in [0.25, 0.3) is 5.91 Å². The highest BCUT2D eigenvalue weighted by Gasteiger charge is 2.36. The number of amides is 1. The molecule has 156 valence electrons. The molecule has 1 aliphatic rings. The minimum atomic E-state index is -0.959. The first-order valence-corrected chi connectivity index (χ1v) is 10.2. The van der Waals surface area contributed by atoms with Crippen molar-refractivity contribution in [3.05, 3.63) is 41.2 Å². The van der Waals surface area contributed by atoms with Gasteiger partial charge < -0.3 is 19.9 Å². The predicted molar refractivity (Wildman–Crippen MR) is 116 cm³/mol. The Morgan fingerprint density at radius 3 is 2.45 bits per heavy atom. The van der Waals surface area contributed by atoms with E-state index in [2.05, 4.69) is 20.2 Å². The smallest absolute Gasteiger partial charge is 0.266 e. The molecule has 0 aliphatic carbocycles. The van der Waals surface area contributed by atoms with Crippen LogP contribution in [0, 0.1) is 6.92 Å². The van der Waals surface area contributed by atoms with Crippen LogP contribution in [0.5, 0.6) is 5.75 Å². The number of anilines is 2. The van der Waals surface area contributed by atoms with Gasteiger partial charge in [-0.25, -0.2) is 9.97 Å². The zero-order valence-electron chi connectivity index (χ0n) is 17.4. The molecule has 0 spiro atoms. The first-order chi connectivity index (χ1) is 13.8. The summed E-state index contributed by atoms with van der Waals surface area (Å²) in [5.41, 5.74) is -0.959. The Morgan fingerprint density at radius 2 is 1.83 bits per heavy atom. The van der Waals surface area contributed by atoms with Gasteiger partial charge >= 0.3 is 0 Å². The van der Waals surface area contributed by atoms with Crippen molar-refractivity contribution in [3.8, 4) is 5.75 Å². The van der Waals surface area contributed by atoms with E-state index in [0.29, 0.717) is 37.0 Å². The van der Waals surface area contributed by atoms with Gasteiger partial charge in [0, 0.05) is 43.8 Å². The summed E-state index contributed by atoms with van der Waals surface area (Å²) >= 11 is 5.92. The molecule has 1 amide bonds. The van der Waals surface area contributed by atoms with Crippen LogP contribution in [0.3, 0.4) is 0 Å². The number of aromatic nitrogens is 2. The lowest BCUT2D eigenvalue weighted by atomic mass is 10.1. The van der Waals surface area contributed by atoms with Crippen LogP contribution in [-0.4, -0.2) is 59.1 Å². The van der Waals surface area contributed by atoms with Crippen molar-refractivity contribution >= 4 is 29.1 Å². The fraction of sp³-hybridized carbons (Fsp3) is 0.476. The van der Waals surface area contributed by atoms with Gasteiger partial charge in [0.1, 0.15) is 23.2 Å². The Bertz CT molecular complexity index is 849. The molecule has 7 nitrogen and oxygen atoms in total. The number of carbonyl (C=O) groups is 1. The zero-order valence-corrected chi connectivity index (χ0v) is 18.2. The average Bonchev–Trinajstić information content (AvgIpc) is 2.69. The van der Waals surface area contributed by atoms with E-state index in [1.165, 1.54) is 0 Å². The van der Waals surface area contributed by atoms with E-state index >= 15 is 0 Å². The van der Waals surface area contributed by atoms with E-state index in [1.807, 2.05) is 24.8 Å². The van der Waals surface area contributed by atoms with Crippen molar-refractivity contribution in [1.29, 1.82) is 0 Å². The molecule has 3 rings (SSSR count). The average molecular weight is 418 g/mol. The third-order valence-electron chi connectivity index (χ3n) is 4.77. The van der Waals surface area contributed by atoms with E-state index in [1.54, 1.807) is 38.1 Å². The summed E-state index contributed by atoms with van der Waals surface area (Å²) in [6, 6.07) is 9.01. The number of rotatable bonds is 6. The maximum Gasteiger partial charge on any atom is 0.266 e. The summed E-state index contributed by atoms with van der Waals surface area (Å²) in [7, 11) is 0. The molecule has 0 atom stereocenters. The highest BCUT2D eigenvalue weighted by atomic mass is 35.5. The first-order valence-electron chi connectivity index (χ1n) is 9.87. The second-order valence-electron chi connectivity index (χ2n) is 7.53. The maximum atomic E-state index is 13.0. The number of hydrogen-bond donors (Lipinski definition) is 1. The second-order valence-corrected chi connectivity index (χ2v) is 7.97. The Balaban J connectivity index is 1.62. The Morgan fingerprint density at radius 1 is 1.17 bits per heavy atom. The SMILES string of the molecule is CCNc1cc(N2CCN(C(=O)C(C)(C)Oc3ccc(Cl)cc3)CC2)nc(C)n1. The molecule has 1 fully saturated rings. The Hall–Kier alpha value is -2.54. The van der Waals surface area contributed by atoms with Crippen molar-refractivity contribution in [3.63, 3.8) is 0 Å². The van der Waals surface area contributed by atoms with Gasteiger partial charge in [0.2, 0.25) is 0 Å². The number of hydrogen-bond acceptors (Lipinski definition) is 6. The molecule has 1 aliphatic heterocycles. The molecule has 1 saturated heterocycles. The summed E-state index contributed by atoms with van der Waals surface area (Å²) in [6.45, 7) is 11.0. The van der Waals surface area contributed by atoms with E-state index < -0.39 is 5.60 Å². The number of piperazine rings is 1. The molecule has 2 heterocycles. The number of aryl methyl sites for hydroxylation is 1. The molecule has 0 radical (unpaired) electrons. The largest absolute Gasteiger partial charge is 0.478 e. The van der Waals surface area contributed by atoms with Crippen LogP contribution in [0.2, 0.25) is 5.02 Å². The van der Waals surface area contributed by atoms with Crippen LogP contribution in [0.1, 0.15) is 26.6 Å². The van der Waals surface area contributed by atoms with Gasteiger partial charge in [-0.2, -0.15) is 0 Å². The fourth-order valence-corrected chi connectivity index (χ4v) is 3.47. The molecular formula is C21H28ClN5O2. The molecule has 0 unspecified atom stereocenters. The summed E-state index contributed by atoms with van der Waals surface area (Å²) in [4.78, 5) is 26.0. The summed E-state index contributed by atoms with van der Waals surface area (Å²) in [5.74, 6) is 3.04. The third kappa shape index (κ3) is 5.29. The molecule has 2 aromatic rings. The number of ether oxygens (including phenoxy) is 1. The van der Waals surface area contributed by atoms with Crippen molar-refractivity contribution in [2.24, 2.45) is 0 Å². The Labute approximate surface area is 177 Å². The minimum Gasteiger partial charge on any atom is -0.478 e. The highest BCUT2D eigenvalue weighted by Crippen LogP contribution is 2.24. The molecule has 29 heavy (non-hydrogen) atoms. The number of halogens is 1. The van der Waals surface area contributed by atoms with Crippen LogP contribution in [0.4, 0.5) is 11.6 Å². The van der Waals surface area contributed by atoms with Crippen LogP contribution in [0.15, 0.2) is 30.3 Å². The normalized spacial score (nSPS) is 14.7. The quantitative estimate of drug-likeness (QED) is 0.776. The van der Waals surface area contributed by atoms with Gasteiger partial charge in [0.15, 0.2) is 5.60 Å². The van der Waals surface area contributed by atoms with Crippen molar-refractivity contribution in [1.82, 2.24) is 14.9 Å². The third-order valence-corrected chi connectivity index (χ3v) is 5.03. The topological polar surface area (TPSA) is 70.6 Å². The number of nitrogens with one attached hydrogen (secondary N) is 1. The lowest BCUT2D eigenvalue weighted by molar-refractivity contribution is -0.145. The van der Waals surface area contributed by atoms with Gasteiger partial charge in [-0.1, -0.05) is 11.6 Å². The van der Waals surface area contributed by atoms with Crippen molar-refractivity contribution in [2.45, 2.75) is 33.3 Å². The number of nitrogens with zero attached hydrogens (tertiary/aromatic N) is 4. The molecular weight excluding hydrogens is 390 g/mol. The van der Waals surface area contributed by atoms with E-state index in [-0.39, 0.29) is 5.91 Å². The predicted octanol–water partition coefficient (Wildman–Crippen LogP) is 3.38. The Kier molecular flexibility index (Phi) is 6.47. The fourth-order valence-electron chi connectivity index (χ4n) is 3.35. The van der Waals surface area contributed by atoms with Gasteiger partial charge in [0.05, 0.1) is 0 Å². The molecule has 0 saturated carbocycles. The van der Waals surface area contributed by atoms with E-state index in [4.69, 9.17) is 16.3 Å². The van der Waals surface area contributed by atoms with Gasteiger partial charge in [-0.15, -0.1) is 0 Å². The van der Waals surface area contributed by atoms with Crippen LogP contribution >= 0.6 is 11.6 Å². The number of benzene rings is 1. The monoisotopic (exact) mass is 417 g/mol. The summed E-state index contributed by atoms with van der Waals surface area (Å²) < 4.78 is 5.95. The molecule has 0 bridgehead atoms. The molecule has 1 aromatic carbocycles. The van der Waals surface area contributed by atoms with Crippen LogP contribution < -0.4 is 15.0 Å². The highest BCUT2D eigenvalue weighted by molar-refractivity contribution is 6.30.